The number of aromatic carboxylic acids is 1. The first-order valence-electron chi connectivity index (χ1n) is 5.38. The van der Waals surface area contributed by atoms with Crippen LogP contribution in [0.15, 0.2) is 18.2 Å². The topological polar surface area (TPSA) is 122 Å². The Labute approximate surface area is 108 Å². The van der Waals surface area contributed by atoms with Crippen molar-refractivity contribution in [3.05, 3.63) is 33.9 Å². The Morgan fingerprint density at radius 1 is 1.58 bits per heavy atom. The summed E-state index contributed by atoms with van der Waals surface area (Å²) in [6.45, 7) is 0.148. The summed E-state index contributed by atoms with van der Waals surface area (Å²) >= 11 is 0. The van der Waals surface area contributed by atoms with Crippen molar-refractivity contribution < 1.29 is 24.7 Å². The molecule has 0 amide bonds. The number of ether oxygens (including phenoxy) is 1. The predicted octanol–water partition coefficient (Wildman–Crippen LogP) is 0.712. The predicted molar refractivity (Wildman–Crippen MR) is 66.4 cm³/mol. The van der Waals surface area contributed by atoms with Crippen molar-refractivity contribution >= 4 is 17.3 Å². The molecule has 0 bridgehead atoms. The first-order chi connectivity index (χ1) is 8.95. The second-order valence-electron chi connectivity index (χ2n) is 3.78. The number of methoxy groups -OCH3 is 1. The molecule has 0 heterocycles. The SMILES string of the molecule is COCC(O)CNc1ccc(C(=O)O)cc1[N+](=O)[O-]. The number of hydrogen-bond donors (Lipinski definition) is 3. The molecule has 19 heavy (non-hydrogen) atoms. The molecule has 0 fully saturated rings. The van der Waals surface area contributed by atoms with E-state index in [2.05, 4.69) is 5.32 Å². The van der Waals surface area contributed by atoms with Crippen LogP contribution in [-0.4, -0.2) is 47.5 Å². The van der Waals surface area contributed by atoms with E-state index in [4.69, 9.17) is 9.84 Å². The molecule has 0 saturated heterocycles. The van der Waals surface area contributed by atoms with Gasteiger partial charge in [0.1, 0.15) is 5.69 Å². The summed E-state index contributed by atoms with van der Waals surface area (Å²) in [5, 5.41) is 31.7. The highest BCUT2D eigenvalue weighted by molar-refractivity contribution is 5.89. The average Bonchev–Trinajstić information content (AvgIpc) is 2.36. The molecule has 8 heteroatoms. The lowest BCUT2D eigenvalue weighted by Crippen LogP contribution is -2.24. The molecule has 0 aliphatic carbocycles. The van der Waals surface area contributed by atoms with Gasteiger partial charge in [-0.25, -0.2) is 4.79 Å². The van der Waals surface area contributed by atoms with Crippen molar-refractivity contribution in [2.24, 2.45) is 0 Å². The Morgan fingerprint density at radius 2 is 2.26 bits per heavy atom. The molecule has 0 aliphatic rings. The normalized spacial score (nSPS) is 11.9. The average molecular weight is 270 g/mol. The van der Waals surface area contributed by atoms with Crippen LogP contribution in [0.5, 0.6) is 0 Å². The largest absolute Gasteiger partial charge is 0.478 e. The van der Waals surface area contributed by atoms with E-state index >= 15 is 0 Å². The molecule has 0 aromatic heterocycles. The van der Waals surface area contributed by atoms with Crippen molar-refractivity contribution in [1.29, 1.82) is 0 Å². The third kappa shape index (κ3) is 4.19. The van der Waals surface area contributed by atoms with E-state index in [1.54, 1.807) is 0 Å². The van der Waals surface area contributed by atoms with E-state index in [0.717, 1.165) is 6.07 Å². The van der Waals surface area contributed by atoms with Crippen LogP contribution >= 0.6 is 0 Å². The fraction of sp³-hybridized carbons (Fsp3) is 0.364. The van der Waals surface area contributed by atoms with Gasteiger partial charge < -0.3 is 20.3 Å². The number of aliphatic hydroxyl groups excluding tert-OH is 1. The Balaban J connectivity index is 2.88. The molecule has 0 radical (unpaired) electrons. The summed E-state index contributed by atoms with van der Waals surface area (Å²) in [7, 11) is 1.42. The summed E-state index contributed by atoms with van der Waals surface area (Å²) in [5.41, 5.74) is -0.385. The van der Waals surface area contributed by atoms with Gasteiger partial charge in [0.05, 0.1) is 23.2 Å². The lowest BCUT2D eigenvalue weighted by molar-refractivity contribution is -0.384. The number of carbonyl (C=O) groups is 1. The number of nitro groups is 1. The van der Waals surface area contributed by atoms with Crippen molar-refractivity contribution in [3.8, 4) is 0 Å². The number of carboxylic acid groups (broad SMARTS) is 1. The molecule has 3 N–H and O–H groups in total. The van der Waals surface area contributed by atoms with Crippen LogP contribution in [0.25, 0.3) is 0 Å². The molecule has 104 valence electrons. The van der Waals surface area contributed by atoms with Gasteiger partial charge >= 0.3 is 5.97 Å². The van der Waals surface area contributed by atoms with E-state index in [9.17, 15) is 20.0 Å². The van der Waals surface area contributed by atoms with Gasteiger partial charge in [-0.2, -0.15) is 0 Å². The zero-order valence-corrected chi connectivity index (χ0v) is 10.2. The zero-order chi connectivity index (χ0) is 14.4. The molecule has 0 aliphatic heterocycles. The minimum absolute atomic E-state index is 0.0566. The number of nitrogens with one attached hydrogen (secondary N) is 1. The van der Waals surface area contributed by atoms with Crippen molar-refractivity contribution in [1.82, 2.24) is 0 Å². The second-order valence-corrected chi connectivity index (χ2v) is 3.78. The third-order valence-corrected chi connectivity index (χ3v) is 2.33. The van der Waals surface area contributed by atoms with Gasteiger partial charge in [0.15, 0.2) is 0 Å². The van der Waals surface area contributed by atoms with E-state index in [1.165, 1.54) is 19.2 Å². The lowest BCUT2D eigenvalue weighted by atomic mass is 10.1. The minimum Gasteiger partial charge on any atom is -0.478 e. The molecule has 1 aromatic rings. The molecule has 1 unspecified atom stereocenters. The van der Waals surface area contributed by atoms with E-state index in [1.807, 2.05) is 0 Å². The molecule has 8 nitrogen and oxygen atoms in total. The van der Waals surface area contributed by atoms with Crippen LogP contribution in [0.2, 0.25) is 0 Å². The summed E-state index contributed by atoms with van der Waals surface area (Å²) in [5.74, 6) is -1.24. The highest BCUT2D eigenvalue weighted by Crippen LogP contribution is 2.25. The maximum absolute atomic E-state index is 10.9. The van der Waals surface area contributed by atoms with Crippen LogP contribution in [0.4, 0.5) is 11.4 Å². The van der Waals surface area contributed by atoms with E-state index in [0.29, 0.717) is 0 Å². The van der Waals surface area contributed by atoms with E-state index < -0.39 is 17.0 Å². The van der Waals surface area contributed by atoms with Crippen LogP contribution in [0.1, 0.15) is 10.4 Å². The molecular weight excluding hydrogens is 256 g/mol. The monoisotopic (exact) mass is 270 g/mol. The number of anilines is 1. The van der Waals surface area contributed by atoms with Crippen LogP contribution in [0, 0.1) is 10.1 Å². The first kappa shape index (κ1) is 14.9. The summed E-state index contributed by atoms with van der Waals surface area (Å²) in [6.07, 6.45) is -0.816. The molecule has 1 aromatic carbocycles. The minimum atomic E-state index is -1.24. The van der Waals surface area contributed by atoms with Crippen molar-refractivity contribution in [2.75, 3.05) is 25.6 Å². The van der Waals surface area contributed by atoms with Crippen LogP contribution < -0.4 is 5.32 Å². The van der Waals surface area contributed by atoms with Gasteiger partial charge in [-0.05, 0) is 12.1 Å². The number of nitro benzene ring substituents is 1. The van der Waals surface area contributed by atoms with Gasteiger partial charge in [0.2, 0.25) is 0 Å². The summed E-state index contributed by atoms with van der Waals surface area (Å²) in [6, 6.07) is 3.51. The molecule has 0 spiro atoms. The number of hydrogen-bond acceptors (Lipinski definition) is 6. The molecule has 0 saturated carbocycles. The Bertz CT molecular complexity index is 476. The summed E-state index contributed by atoms with van der Waals surface area (Å²) < 4.78 is 4.72. The van der Waals surface area contributed by atoms with Gasteiger partial charge in [-0.3, -0.25) is 10.1 Å². The number of rotatable bonds is 7. The Kier molecular flexibility index (Phi) is 5.22. The Hall–Kier alpha value is -2.19. The highest BCUT2D eigenvalue weighted by Gasteiger charge is 2.17. The fourth-order valence-corrected chi connectivity index (χ4v) is 1.44. The number of benzene rings is 1. The molecule has 1 rings (SSSR count). The Morgan fingerprint density at radius 3 is 2.79 bits per heavy atom. The smallest absolute Gasteiger partial charge is 0.335 e. The van der Waals surface area contributed by atoms with Crippen molar-refractivity contribution in [3.63, 3.8) is 0 Å². The number of aliphatic hydroxyl groups is 1. The van der Waals surface area contributed by atoms with Crippen LogP contribution in [-0.2, 0) is 4.74 Å². The second kappa shape index (κ2) is 6.66. The standard InChI is InChI=1S/C11H14N2O6/c1-19-6-8(14)5-12-9-3-2-7(11(15)16)4-10(9)13(17)18/h2-4,8,12,14H,5-6H2,1H3,(H,15,16). The molecule has 1 atom stereocenters. The number of nitrogens with zero attached hydrogens (tertiary/aromatic N) is 1. The maximum atomic E-state index is 10.9. The third-order valence-electron chi connectivity index (χ3n) is 2.33. The number of carboxylic acids is 1. The van der Waals surface area contributed by atoms with Gasteiger partial charge in [0.25, 0.3) is 5.69 Å². The van der Waals surface area contributed by atoms with Gasteiger partial charge in [-0.1, -0.05) is 0 Å². The quantitative estimate of drug-likeness (QED) is 0.492. The lowest BCUT2D eigenvalue weighted by Gasteiger charge is -2.12. The fourth-order valence-electron chi connectivity index (χ4n) is 1.44. The summed E-state index contributed by atoms with van der Waals surface area (Å²) in [4.78, 5) is 20.9. The van der Waals surface area contributed by atoms with Crippen molar-refractivity contribution in [2.45, 2.75) is 6.10 Å². The van der Waals surface area contributed by atoms with Crippen LogP contribution in [0.3, 0.4) is 0 Å². The first-order valence-corrected chi connectivity index (χ1v) is 5.38. The van der Waals surface area contributed by atoms with Gasteiger partial charge in [-0.15, -0.1) is 0 Å². The highest BCUT2D eigenvalue weighted by atomic mass is 16.6. The van der Waals surface area contributed by atoms with E-state index in [-0.39, 0.29) is 30.1 Å². The maximum Gasteiger partial charge on any atom is 0.335 e. The van der Waals surface area contributed by atoms with Gasteiger partial charge in [0, 0.05) is 19.7 Å². The molecular formula is C11H14N2O6. The zero-order valence-electron chi connectivity index (χ0n) is 10.2.